The van der Waals surface area contributed by atoms with Crippen LogP contribution in [0.5, 0.6) is 5.75 Å². The maximum Gasteiger partial charge on any atom is 0.123 e. The molecule has 0 aliphatic rings. The highest BCUT2D eigenvalue weighted by molar-refractivity contribution is 9.10. The van der Waals surface area contributed by atoms with Crippen molar-refractivity contribution in [2.75, 3.05) is 0 Å². The number of nitrogen functional groups attached to an aromatic ring is 1. The average Bonchev–Trinajstić information content (AvgIpc) is 2.39. The van der Waals surface area contributed by atoms with Gasteiger partial charge in [0.25, 0.3) is 0 Å². The molecule has 2 aromatic rings. The maximum atomic E-state index is 7.45. The van der Waals surface area contributed by atoms with Gasteiger partial charge in [0.2, 0.25) is 0 Å². The Hall–Kier alpha value is -1.52. The summed E-state index contributed by atoms with van der Waals surface area (Å²) in [4.78, 5) is 0. The zero-order chi connectivity index (χ0) is 14.7. The lowest BCUT2D eigenvalue weighted by Gasteiger charge is -2.12. The molecule has 0 radical (unpaired) electrons. The summed E-state index contributed by atoms with van der Waals surface area (Å²) in [6.45, 7) is 2.32. The first-order valence-corrected chi connectivity index (χ1v) is 7.16. The zero-order valence-corrected chi connectivity index (χ0v) is 13.3. The molecule has 3 N–H and O–H groups in total. The summed E-state index contributed by atoms with van der Waals surface area (Å²) in [5.41, 5.74) is 8.02. The third-order valence-corrected chi connectivity index (χ3v) is 3.74. The molecular weight excluding hydrogens is 340 g/mol. The summed E-state index contributed by atoms with van der Waals surface area (Å²) < 4.78 is 6.71. The van der Waals surface area contributed by atoms with Crippen LogP contribution in [0.2, 0.25) is 5.02 Å². The molecule has 0 aromatic heterocycles. The van der Waals surface area contributed by atoms with Crippen molar-refractivity contribution in [3.63, 3.8) is 0 Å². The lowest BCUT2D eigenvalue weighted by molar-refractivity contribution is 0.304. The van der Waals surface area contributed by atoms with Crippen molar-refractivity contribution >= 4 is 33.4 Å². The second kappa shape index (κ2) is 6.29. The number of aryl methyl sites for hydroxylation is 1. The van der Waals surface area contributed by atoms with Crippen LogP contribution in [-0.4, -0.2) is 5.84 Å². The summed E-state index contributed by atoms with van der Waals surface area (Å²) in [5, 5.41) is 8.10. The minimum atomic E-state index is 0.0246. The number of halogens is 2. The van der Waals surface area contributed by atoms with E-state index in [1.807, 2.05) is 31.2 Å². The molecule has 0 bridgehead atoms. The zero-order valence-electron chi connectivity index (χ0n) is 10.9. The SMILES string of the molecule is Cc1ccc(C(=N)N)cc1OCc1ccc(Br)cc1Cl. The number of hydrogen-bond acceptors (Lipinski definition) is 2. The Labute approximate surface area is 131 Å². The van der Waals surface area contributed by atoms with Gasteiger partial charge in [-0.2, -0.15) is 0 Å². The fraction of sp³-hybridized carbons (Fsp3) is 0.133. The van der Waals surface area contributed by atoms with Crippen molar-refractivity contribution in [1.82, 2.24) is 0 Å². The average molecular weight is 354 g/mol. The number of nitrogens with two attached hydrogens (primary N) is 1. The van der Waals surface area contributed by atoms with Gasteiger partial charge in [-0.3, -0.25) is 5.41 Å². The highest BCUT2D eigenvalue weighted by Gasteiger charge is 2.06. The smallest absolute Gasteiger partial charge is 0.123 e. The van der Waals surface area contributed by atoms with E-state index in [2.05, 4.69) is 15.9 Å². The molecule has 104 valence electrons. The van der Waals surface area contributed by atoms with Crippen LogP contribution in [0.3, 0.4) is 0 Å². The van der Waals surface area contributed by atoms with E-state index in [1.165, 1.54) is 0 Å². The predicted molar refractivity (Wildman–Crippen MR) is 85.7 cm³/mol. The van der Waals surface area contributed by atoms with Crippen molar-refractivity contribution in [3.8, 4) is 5.75 Å². The van der Waals surface area contributed by atoms with Gasteiger partial charge in [-0.15, -0.1) is 0 Å². The molecule has 0 saturated heterocycles. The van der Waals surface area contributed by atoms with Gasteiger partial charge < -0.3 is 10.5 Å². The molecule has 20 heavy (non-hydrogen) atoms. The topological polar surface area (TPSA) is 59.1 Å². The van der Waals surface area contributed by atoms with Gasteiger partial charge in [-0.25, -0.2) is 0 Å². The van der Waals surface area contributed by atoms with Crippen LogP contribution in [-0.2, 0) is 6.61 Å². The highest BCUT2D eigenvalue weighted by Crippen LogP contribution is 2.25. The number of benzene rings is 2. The molecule has 0 heterocycles. The van der Waals surface area contributed by atoms with Crippen LogP contribution in [0.25, 0.3) is 0 Å². The molecule has 0 atom stereocenters. The van der Waals surface area contributed by atoms with Gasteiger partial charge >= 0.3 is 0 Å². The van der Waals surface area contributed by atoms with Gasteiger partial charge in [0.15, 0.2) is 0 Å². The summed E-state index contributed by atoms with van der Waals surface area (Å²) in [6, 6.07) is 11.1. The minimum absolute atomic E-state index is 0.0246. The van der Waals surface area contributed by atoms with E-state index in [4.69, 9.17) is 27.5 Å². The van der Waals surface area contributed by atoms with Crippen LogP contribution < -0.4 is 10.5 Å². The molecule has 0 fully saturated rings. The van der Waals surface area contributed by atoms with E-state index < -0.39 is 0 Å². The van der Waals surface area contributed by atoms with Crippen LogP contribution in [0.15, 0.2) is 40.9 Å². The third-order valence-electron chi connectivity index (χ3n) is 2.90. The van der Waals surface area contributed by atoms with E-state index in [9.17, 15) is 0 Å². The number of hydrogen-bond donors (Lipinski definition) is 2. The first-order chi connectivity index (χ1) is 9.47. The van der Waals surface area contributed by atoms with E-state index in [0.29, 0.717) is 22.9 Å². The minimum Gasteiger partial charge on any atom is -0.489 e. The molecule has 2 rings (SSSR count). The van der Waals surface area contributed by atoms with Crippen LogP contribution >= 0.6 is 27.5 Å². The second-order valence-electron chi connectivity index (χ2n) is 4.42. The Morgan fingerprint density at radius 1 is 1.30 bits per heavy atom. The third kappa shape index (κ3) is 3.52. The second-order valence-corrected chi connectivity index (χ2v) is 5.74. The van der Waals surface area contributed by atoms with E-state index in [0.717, 1.165) is 15.6 Å². The first-order valence-electron chi connectivity index (χ1n) is 5.99. The normalized spacial score (nSPS) is 10.3. The van der Waals surface area contributed by atoms with Gasteiger partial charge in [0.05, 0.1) is 0 Å². The summed E-state index contributed by atoms with van der Waals surface area (Å²) in [7, 11) is 0. The van der Waals surface area contributed by atoms with E-state index in [-0.39, 0.29) is 5.84 Å². The quantitative estimate of drug-likeness (QED) is 0.637. The Balaban J connectivity index is 2.18. The number of rotatable bonds is 4. The number of amidine groups is 1. The molecule has 0 spiro atoms. The molecule has 0 amide bonds. The monoisotopic (exact) mass is 352 g/mol. The Morgan fingerprint density at radius 2 is 2.05 bits per heavy atom. The van der Waals surface area contributed by atoms with Gasteiger partial charge in [-0.05, 0) is 30.7 Å². The van der Waals surface area contributed by atoms with Crippen molar-refractivity contribution in [2.45, 2.75) is 13.5 Å². The maximum absolute atomic E-state index is 7.45. The largest absolute Gasteiger partial charge is 0.489 e. The summed E-state index contributed by atoms with van der Waals surface area (Å²) >= 11 is 9.52. The Kier molecular flexibility index (Phi) is 4.68. The molecule has 0 aliphatic heterocycles. The van der Waals surface area contributed by atoms with Crippen molar-refractivity contribution in [1.29, 1.82) is 5.41 Å². The van der Waals surface area contributed by atoms with Gasteiger partial charge in [-0.1, -0.05) is 45.7 Å². The molecule has 0 aliphatic carbocycles. The van der Waals surface area contributed by atoms with Crippen LogP contribution in [0.4, 0.5) is 0 Å². The Bertz CT molecular complexity index is 658. The Morgan fingerprint density at radius 3 is 2.70 bits per heavy atom. The number of ether oxygens (including phenoxy) is 1. The van der Waals surface area contributed by atoms with Gasteiger partial charge in [0.1, 0.15) is 18.2 Å². The van der Waals surface area contributed by atoms with Crippen LogP contribution in [0.1, 0.15) is 16.7 Å². The standard InChI is InChI=1S/C15H14BrClN2O/c1-9-2-3-10(15(18)19)6-14(9)20-8-11-4-5-12(16)7-13(11)17/h2-7H,8H2,1H3,(H3,18,19). The van der Waals surface area contributed by atoms with Crippen LogP contribution in [0, 0.1) is 12.3 Å². The predicted octanol–water partition coefficient (Wildman–Crippen LogP) is 4.27. The molecule has 0 unspecified atom stereocenters. The van der Waals surface area contributed by atoms with E-state index >= 15 is 0 Å². The highest BCUT2D eigenvalue weighted by atomic mass is 79.9. The fourth-order valence-electron chi connectivity index (χ4n) is 1.72. The molecule has 2 aromatic carbocycles. The summed E-state index contributed by atoms with van der Waals surface area (Å²) in [5.74, 6) is 0.730. The molecule has 3 nitrogen and oxygen atoms in total. The lowest BCUT2D eigenvalue weighted by Crippen LogP contribution is -2.11. The van der Waals surface area contributed by atoms with Crippen molar-refractivity contribution in [3.05, 3.63) is 62.6 Å². The molecular formula is C15H14BrClN2O. The van der Waals surface area contributed by atoms with Crippen molar-refractivity contribution < 1.29 is 4.74 Å². The fourth-order valence-corrected chi connectivity index (χ4v) is 2.45. The van der Waals surface area contributed by atoms with E-state index in [1.54, 1.807) is 12.1 Å². The first kappa shape index (κ1) is 14.9. The van der Waals surface area contributed by atoms with Crippen molar-refractivity contribution in [2.24, 2.45) is 5.73 Å². The van der Waals surface area contributed by atoms with Gasteiger partial charge in [0, 0.05) is 20.6 Å². The summed E-state index contributed by atoms with van der Waals surface area (Å²) in [6.07, 6.45) is 0. The number of nitrogens with one attached hydrogen (secondary N) is 1. The molecule has 0 saturated carbocycles. The molecule has 5 heteroatoms. The lowest BCUT2D eigenvalue weighted by atomic mass is 10.1.